The molecule has 42 valence electrons. The monoisotopic (exact) mass is 117 g/mol. The van der Waals surface area contributed by atoms with E-state index in [4.69, 9.17) is 5.26 Å². The molecule has 0 fully saturated rings. The number of aromatic nitrogens is 2. The number of aromatic amines is 1. The van der Waals surface area contributed by atoms with Gasteiger partial charge in [0.1, 0.15) is 0 Å². The lowest BCUT2D eigenvalue weighted by Crippen LogP contribution is -1.72. The first-order valence-corrected chi connectivity index (χ1v) is 2.33. The average molecular weight is 117 g/mol. The minimum atomic E-state index is 0.525. The largest absolute Gasteiger partial charge is 0.338 e. The molecule has 3 nitrogen and oxygen atoms in total. The number of rotatable bonds is 0. The van der Waals surface area contributed by atoms with Crippen molar-refractivity contribution < 1.29 is 0 Å². The first-order chi connectivity index (χ1) is 4.43. The predicted octanol–water partition coefficient (Wildman–Crippen LogP) is 0.285. The maximum atomic E-state index is 8.00. The van der Waals surface area contributed by atoms with E-state index >= 15 is 0 Å². The van der Waals surface area contributed by atoms with Gasteiger partial charge in [-0.25, -0.2) is 4.98 Å². The normalized spacial score (nSPS) is 7.00. The van der Waals surface area contributed by atoms with Crippen molar-refractivity contribution in [2.24, 2.45) is 0 Å². The van der Waals surface area contributed by atoms with Gasteiger partial charge in [0.15, 0.2) is 11.9 Å². The number of nitrogens with one attached hydrogen (secondary N) is 1. The van der Waals surface area contributed by atoms with Gasteiger partial charge in [0.25, 0.3) is 0 Å². The van der Waals surface area contributed by atoms with Crippen LogP contribution in [0.1, 0.15) is 5.82 Å². The summed E-state index contributed by atoms with van der Waals surface area (Å²) in [5.41, 5.74) is 0. The van der Waals surface area contributed by atoms with Crippen molar-refractivity contribution in [1.29, 1.82) is 5.26 Å². The lowest BCUT2D eigenvalue weighted by atomic mass is 10.6. The molecular formula is C6H3N3. The molecule has 1 aromatic rings. The zero-order chi connectivity index (χ0) is 6.53. The summed E-state index contributed by atoms with van der Waals surface area (Å²) >= 11 is 0. The molecule has 0 aromatic carbocycles. The van der Waals surface area contributed by atoms with Crippen LogP contribution in [0.5, 0.6) is 0 Å². The van der Waals surface area contributed by atoms with E-state index in [9.17, 15) is 0 Å². The molecular weight excluding hydrogens is 114 g/mol. The molecule has 1 aromatic heterocycles. The van der Waals surface area contributed by atoms with Crippen LogP contribution in [-0.4, -0.2) is 9.97 Å². The van der Waals surface area contributed by atoms with Crippen LogP contribution in [0.3, 0.4) is 0 Å². The van der Waals surface area contributed by atoms with Gasteiger partial charge < -0.3 is 4.98 Å². The number of nitrogens with zero attached hydrogens (tertiary/aromatic N) is 2. The van der Waals surface area contributed by atoms with Crippen LogP contribution in [0.25, 0.3) is 0 Å². The smallest absolute Gasteiger partial charge is 0.183 e. The number of hydrogen-bond donors (Lipinski definition) is 1. The van der Waals surface area contributed by atoms with Crippen molar-refractivity contribution in [1.82, 2.24) is 9.97 Å². The van der Waals surface area contributed by atoms with E-state index in [1.165, 1.54) is 0 Å². The fraction of sp³-hybridized carbons (Fsp3) is 0. The van der Waals surface area contributed by atoms with Crippen LogP contribution in [-0.2, 0) is 0 Å². The van der Waals surface area contributed by atoms with Crippen molar-refractivity contribution in [2.75, 3.05) is 0 Å². The van der Waals surface area contributed by atoms with Gasteiger partial charge >= 0.3 is 0 Å². The minimum Gasteiger partial charge on any atom is -0.338 e. The molecule has 0 aliphatic carbocycles. The highest BCUT2D eigenvalue weighted by molar-refractivity contribution is 5.27. The Bertz CT molecular complexity index is 267. The van der Waals surface area contributed by atoms with Gasteiger partial charge in [-0.05, 0) is 5.92 Å². The zero-order valence-corrected chi connectivity index (χ0v) is 4.55. The number of imidazole rings is 1. The fourth-order valence-corrected chi connectivity index (χ4v) is 0.421. The Morgan fingerprint density at radius 2 is 2.56 bits per heavy atom. The SMILES string of the molecule is N#CC#Cc1ncc[nH]1. The number of hydrogen-bond acceptors (Lipinski definition) is 2. The number of nitriles is 1. The Morgan fingerprint density at radius 1 is 1.67 bits per heavy atom. The molecule has 0 atom stereocenters. The number of H-pyrrole nitrogens is 1. The molecule has 9 heavy (non-hydrogen) atoms. The van der Waals surface area contributed by atoms with Gasteiger partial charge in [-0.1, -0.05) is 0 Å². The second kappa shape index (κ2) is 2.54. The summed E-state index contributed by atoms with van der Waals surface area (Å²) in [5, 5.41) is 8.00. The van der Waals surface area contributed by atoms with Crippen molar-refractivity contribution >= 4 is 0 Å². The van der Waals surface area contributed by atoms with E-state index in [2.05, 4.69) is 21.8 Å². The first kappa shape index (κ1) is 5.40. The van der Waals surface area contributed by atoms with E-state index < -0.39 is 0 Å². The van der Waals surface area contributed by atoms with Crippen LogP contribution in [0, 0.1) is 23.2 Å². The van der Waals surface area contributed by atoms with Crippen molar-refractivity contribution in [3.8, 4) is 17.9 Å². The second-order valence-electron chi connectivity index (χ2n) is 1.30. The summed E-state index contributed by atoms with van der Waals surface area (Å²) in [6, 6.07) is 1.68. The molecule has 0 spiro atoms. The van der Waals surface area contributed by atoms with Gasteiger partial charge in [0.05, 0.1) is 0 Å². The quantitative estimate of drug-likeness (QED) is 0.496. The summed E-state index contributed by atoms with van der Waals surface area (Å²) in [6.07, 6.45) is 3.24. The standard InChI is InChI=1S/C6H3N3/c7-3-1-2-6-8-4-5-9-6/h4-5H,(H,8,9). The highest BCUT2D eigenvalue weighted by atomic mass is 14.9. The van der Waals surface area contributed by atoms with Crippen LogP contribution >= 0.6 is 0 Å². The molecule has 0 unspecified atom stereocenters. The molecule has 0 aliphatic rings. The molecule has 1 N–H and O–H groups in total. The highest BCUT2D eigenvalue weighted by Gasteiger charge is 1.81. The van der Waals surface area contributed by atoms with Gasteiger partial charge in [0.2, 0.25) is 0 Å². The Balaban J connectivity index is 2.82. The maximum Gasteiger partial charge on any atom is 0.183 e. The summed E-state index contributed by atoms with van der Waals surface area (Å²) in [5.74, 6) is 5.23. The predicted molar refractivity (Wildman–Crippen MR) is 31.1 cm³/mol. The third-order valence-corrected chi connectivity index (χ3v) is 0.735. The van der Waals surface area contributed by atoms with E-state index in [1.807, 2.05) is 0 Å². The summed E-state index contributed by atoms with van der Waals surface area (Å²) in [7, 11) is 0. The molecule has 0 amide bonds. The van der Waals surface area contributed by atoms with Crippen LogP contribution in [0.15, 0.2) is 12.4 Å². The summed E-state index contributed by atoms with van der Waals surface area (Å²) < 4.78 is 0. The van der Waals surface area contributed by atoms with Gasteiger partial charge in [0, 0.05) is 18.3 Å². The Kier molecular flexibility index (Phi) is 1.52. The molecule has 1 heterocycles. The van der Waals surface area contributed by atoms with E-state index in [-0.39, 0.29) is 0 Å². The Morgan fingerprint density at radius 3 is 3.11 bits per heavy atom. The van der Waals surface area contributed by atoms with E-state index in [1.54, 1.807) is 18.5 Å². The molecule has 1 rings (SSSR count). The molecule has 0 saturated carbocycles. The van der Waals surface area contributed by atoms with Crippen LogP contribution < -0.4 is 0 Å². The topological polar surface area (TPSA) is 52.5 Å². The van der Waals surface area contributed by atoms with Crippen LogP contribution in [0.2, 0.25) is 0 Å². The Hall–Kier alpha value is -1.74. The molecule has 0 saturated heterocycles. The van der Waals surface area contributed by atoms with Gasteiger partial charge in [-0.2, -0.15) is 5.26 Å². The van der Waals surface area contributed by atoms with Gasteiger partial charge in [-0.3, -0.25) is 0 Å². The Labute approximate surface area is 52.3 Å². The third-order valence-electron chi connectivity index (χ3n) is 0.735. The average Bonchev–Trinajstić information content (AvgIpc) is 2.34. The molecule has 0 aliphatic heterocycles. The summed E-state index contributed by atoms with van der Waals surface area (Å²) in [6.45, 7) is 0. The lowest BCUT2D eigenvalue weighted by Gasteiger charge is -1.70. The lowest BCUT2D eigenvalue weighted by molar-refractivity contribution is 1.25. The van der Waals surface area contributed by atoms with Crippen LogP contribution in [0.4, 0.5) is 0 Å². The molecule has 3 heteroatoms. The minimum absolute atomic E-state index is 0.525. The highest BCUT2D eigenvalue weighted by Crippen LogP contribution is 1.81. The molecule has 0 radical (unpaired) electrons. The second-order valence-corrected chi connectivity index (χ2v) is 1.30. The van der Waals surface area contributed by atoms with Gasteiger partial charge in [-0.15, -0.1) is 0 Å². The van der Waals surface area contributed by atoms with E-state index in [0.717, 1.165) is 0 Å². The third kappa shape index (κ3) is 1.32. The van der Waals surface area contributed by atoms with E-state index in [0.29, 0.717) is 5.82 Å². The van der Waals surface area contributed by atoms with Crippen molar-refractivity contribution in [2.45, 2.75) is 0 Å². The van der Waals surface area contributed by atoms with Crippen molar-refractivity contribution in [3.05, 3.63) is 18.2 Å². The maximum absolute atomic E-state index is 8.00. The summed E-state index contributed by atoms with van der Waals surface area (Å²) in [4.78, 5) is 6.51. The zero-order valence-electron chi connectivity index (χ0n) is 4.55. The van der Waals surface area contributed by atoms with Crippen molar-refractivity contribution in [3.63, 3.8) is 0 Å². The first-order valence-electron chi connectivity index (χ1n) is 2.33. The molecule has 0 bridgehead atoms. The fourth-order valence-electron chi connectivity index (χ4n) is 0.421.